The standard InChI is InChI=1S/C20H19F4N3OS/c21-12-4-5-16-14(9-12)26-18-15(7-11(20(22,23)24)8-17(18)29-16)27-19(28)10-2-1-3-13(25)6-10/h4-5,7-10,13,26H,1-3,6,25H2,(H,27,28). The quantitative estimate of drug-likeness (QED) is 0.474. The predicted octanol–water partition coefficient (Wildman–Crippen LogP) is 5.51. The molecular formula is C20H19F4N3OS. The van der Waals surface area contributed by atoms with Gasteiger partial charge in [0.15, 0.2) is 0 Å². The van der Waals surface area contributed by atoms with Gasteiger partial charge in [0.2, 0.25) is 5.91 Å². The van der Waals surface area contributed by atoms with Crippen LogP contribution in [0.3, 0.4) is 0 Å². The lowest BCUT2D eigenvalue weighted by Gasteiger charge is -2.28. The monoisotopic (exact) mass is 425 g/mol. The van der Waals surface area contributed by atoms with Crippen molar-refractivity contribution in [3.63, 3.8) is 0 Å². The highest BCUT2D eigenvalue weighted by Gasteiger charge is 2.34. The number of nitrogens with two attached hydrogens (primary N) is 1. The van der Waals surface area contributed by atoms with E-state index in [1.807, 2.05) is 0 Å². The van der Waals surface area contributed by atoms with E-state index in [9.17, 15) is 22.4 Å². The number of amides is 1. The van der Waals surface area contributed by atoms with E-state index in [0.717, 1.165) is 36.7 Å². The first-order valence-electron chi connectivity index (χ1n) is 9.27. The van der Waals surface area contributed by atoms with Gasteiger partial charge in [0.05, 0.1) is 22.6 Å². The van der Waals surface area contributed by atoms with Gasteiger partial charge in [-0.05, 0) is 49.6 Å². The molecule has 2 atom stereocenters. The number of anilines is 3. The fourth-order valence-corrected chi connectivity index (χ4v) is 4.77. The topological polar surface area (TPSA) is 67.2 Å². The van der Waals surface area contributed by atoms with Crippen LogP contribution < -0.4 is 16.4 Å². The van der Waals surface area contributed by atoms with E-state index in [1.165, 1.54) is 18.2 Å². The third kappa shape index (κ3) is 4.20. The van der Waals surface area contributed by atoms with Gasteiger partial charge in [0, 0.05) is 21.8 Å². The molecule has 2 aromatic carbocycles. The van der Waals surface area contributed by atoms with Crippen LogP contribution in [0.1, 0.15) is 31.2 Å². The fourth-order valence-electron chi connectivity index (χ4n) is 3.73. The van der Waals surface area contributed by atoms with E-state index < -0.39 is 17.6 Å². The Balaban J connectivity index is 1.70. The number of carbonyl (C=O) groups excluding carboxylic acids is 1. The summed E-state index contributed by atoms with van der Waals surface area (Å²) in [7, 11) is 0. The van der Waals surface area contributed by atoms with Crippen LogP contribution in [0.15, 0.2) is 40.1 Å². The molecule has 1 saturated carbocycles. The van der Waals surface area contributed by atoms with Crippen LogP contribution in [0.4, 0.5) is 34.6 Å². The largest absolute Gasteiger partial charge is 0.416 e. The van der Waals surface area contributed by atoms with Crippen molar-refractivity contribution in [1.82, 2.24) is 0 Å². The van der Waals surface area contributed by atoms with Gasteiger partial charge in [-0.15, -0.1) is 0 Å². The minimum absolute atomic E-state index is 0.0291. The van der Waals surface area contributed by atoms with Gasteiger partial charge in [0.1, 0.15) is 5.82 Å². The average molecular weight is 425 g/mol. The molecule has 0 bridgehead atoms. The number of fused-ring (bicyclic) bond motifs is 2. The van der Waals surface area contributed by atoms with Crippen LogP contribution in [0.2, 0.25) is 0 Å². The van der Waals surface area contributed by atoms with E-state index in [2.05, 4.69) is 10.6 Å². The molecule has 4 rings (SSSR count). The lowest BCUT2D eigenvalue weighted by molar-refractivity contribution is -0.137. The van der Waals surface area contributed by atoms with Crippen LogP contribution in [0, 0.1) is 11.7 Å². The molecule has 0 spiro atoms. The van der Waals surface area contributed by atoms with Crippen molar-refractivity contribution < 1.29 is 22.4 Å². The Morgan fingerprint density at radius 1 is 1.17 bits per heavy atom. The zero-order valence-electron chi connectivity index (χ0n) is 15.3. The summed E-state index contributed by atoms with van der Waals surface area (Å²) in [5.74, 6) is -1.16. The average Bonchev–Trinajstić information content (AvgIpc) is 2.65. The molecule has 0 aromatic heterocycles. The number of hydrogen-bond acceptors (Lipinski definition) is 4. The number of rotatable bonds is 2. The normalized spacial score (nSPS) is 21.0. The maximum atomic E-state index is 13.6. The van der Waals surface area contributed by atoms with Crippen molar-refractivity contribution in [1.29, 1.82) is 0 Å². The third-order valence-electron chi connectivity index (χ3n) is 5.19. The Bertz CT molecular complexity index is 963. The van der Waals surface area contributed by atoms with Gasteiger partial charge in [0.25, 0.3) is 0 Å². The van der Waals surface area contributed by atoms with Gasteiger partial charge in [-0.1, -0.05) is 18.2 Å². The highest BCUT2D eigenvalue weighted by molar-refractivity contribution is 7.99. The molecule has 4 N–H and O–H groups in total. The second-order valence-electron chi connectivity index (χ2n) is 7.38. The zero-order chi connectivity index (χ0) is 20.8. The molecule has 0 radical (unpaired) electrons. The third-order valence-corrected chi connectivity index (χ3v) is 6.31. The van der Waals surface area contributed by atoms with E-state index in [-0.39, 0.29) is 23.6 Å². The summed E-state index contributed by atoms with van der Waals surface area (Å²) in [5, 5.41) is 5.63. The Kier molecular flexibility index (Phi) is 5.20. The van der Waals surface area contributed by atoms with Crippen molar-refractivity contribution in [2.75, 3.05) is 10.6 Å². The molecule has 2 aromatic rings. The minimum atomic E-state index is -4.56. The second kappa shape index (κ2) is 7.53. The van der Waals surface area contributed by atoms with Crippen molar-refractivity contribution in [3.05, 3.63) is 41.7 Å². The number of nitrogens with one attached hydrogen (secondary N) is 2. The molecule has 4 nitrogen and oxygen atoms in total. The van der Waals surface area contributed by atoms with Gasteiger partial charge >= 0.3 is 6.18 Å². The maximum Gasteiger partial charge on any atom is 0.416 e. The summed E-state index contributed by atoms with van der Waals surface area (Å²) in [4.78, 5) is 13.6. The maximum absolute atomic E-state index is 13.6. The fraction of sp³-hybridized carbons (Fsp3) is 0.350. The molecule has 1 aliphatic carbocycles. The molecule has 154 valence electrons. The Morgan fingerprint density at radius 2 is 1.97 bits per heavy atom. The summed E-state index contributed by atoms with van der Waals surface area (Å²) >= 11 is 1.10. The van der Waals surface area contributed by atoms with Crippen molar-refractivity contribution in [2.45, 2.75) is 47.7 Å². The zero-order valence-corrected chi connectivity index (χ0v) is 16.1. The molecule has 1 heterocycles. The van der Waals surface area contributed by atoms with Crippen LogP contribution >= 0.6 is 11.8 Å². The molecule has 1 fully saturated rings. The molecule has 2 aliphatic rings. The molecule has 2 unspecified atom stereocenters. The lowest BCUT2D eigenvalue weighted by atomic mass is 9.85. The van der Waals surface area contributed by atoms with Crippen LogP contribution in [-0.2, 0) is 11.0 Å². The summed E-state index contributed by atoms with van der Waals surface area (Å²) < 4.78 is 53.9. The van der Waals surface area contributed by atoms with Crippen LogP contribution in [-0.4, -0.2) is 11.9 Å². The van der Waals surface area contributed by atoms with Gasteiger partial charge in [-0.2, -0.15) is 13.2 Å². The number of hydrogen-bond donors (Lipinski definition) is 3. The summed E-state index contributed by atoms with van der Waals surface area (Å²) in [6.45, 7) is 0. The number of carbonyl (C=O) groups is 1. The second-order valence-corrected chi connectivity index (χ2v) is 8.46. The van der Waals surface area contributed by atoms with Gasteiger partial charge in [-0.3, -0.25) is 4.79 Å². The lowest BCUT2D eigenvalue weighted by Crippen LogP contribution is -2.34. The Hall–Kier alpha value is -2.26. The van der Waals surface area contributed by atoms with E-state index in [1.54, 1.807) is 0 Å². The highest BCUT2D eigenvalue weighted by Crippen LogP contribution is 2.49. The highest BCUT2D eigenvalue weighted by atomic mass is 32.2. The Morgan fingerprint density at radius 3 is 2.69 bits per heavy atom. The summed E-state index contributed by atoms with van der Waals surface area (Å²) in [6, 6.07) is 5.89. The number of alkyl halides is 3. The first kappa shape index (κ1) is 20.0. The molecular weight excluding hydrogens is 406 g/mol. The first-order valence-corrected chi connectivity index (χ1v) is 10.1. The SMILES string of the molecule is NC1CCCC(C(=O)Nc2cc(C(F)(F)F)cc3c2Nc2cc(F)ccc2S3)C1. The molecule has 0 saturated heterocycles. The molecule has 1 amide bonds. The van der Waals surface area contributed by atoms with Crippen molar-refractivity contribution in [2.24, 2.45) is 11.7 Å². The van der Waals surface area contributed by atoms with Crippen molar-refractivity contribution in [3.8, 4) is 0 Å². The summed E-state index contributed by atoms with van der Waals surface area (Å²) in [6.07, 6.45) is -1.77. The summed E-state index contributed by atoms with van der Waals surface area (Å²) in [5.41, 5.74) is 5.88. The first-order chi connectivity index (χ1) is 13.7. The van der Waals surface area contributed by atoms with Crippen LogP contribution in [0.5, 0.6) is 0 Å². The van der Waals surface area contributed by atoms with Gasteiger partial charge < -0.3 is 16.4 Å². The Labute approximate surface area is 169 Å². The number of benzene rings is 2. The number of halogens is 4. The van der Waals surface area contributed by atoms with Gasteiger partial charge in [-0.25, -0.2) is 4.39 Å². The molecule has 9 heteroatoms. The van der Waals surface area contributed by atoms with Crippen molar-refractivity contribution >= 4 is 34.7 Å². The van der Waals surface area contributed by atoms with Crippen LogP contribution in [0.25, 0.3) is 0 Å². The minimum Gasteiger partial charge on any atom is -0.352 e. The van der Waals surface area contributed by atoms with E-state index >= 15 is 0 Å². The molecule has 1 aliphatic heterocycles. The molecule has 29 heavy (non-hydrogen) atoms. The smallest absolute Gasteiger partial charge is 0.352 e. The van der Waals surface area contributed by atoms with E-state index in [4.69, 9.17) is 5.73 Å². The van der Waals surface area contributed by atoms with E-state index in [0.29, 0.717) is 34.0 Å². The predicted molar refractivity (Wildman–Crippen MR) is 104 cm³/mol.